The van der Waals surface area contributed by atoms with Crippen LogP contribution in [0, 0.1) is 0 Å². The second-order valence-electron chi connectivity index (χ2n) is 10.6. The van der Waals surface area contributed by atoms with Gasteiger partial charge in [-0.05, 0) is 75.1 Å². The van der Waals surface area contributed by atoms with Gasteiger partial charge in [0.1, 0.15) is 17.5 Å². The number of carbonyl (C=O) groups excluding carboxylic acids is 3. The van der Waals surface area contributed by atoms with Crippen LogP contribution in [0.5, 0.6) is 5.75 Å². The molecule has 39 heavy (non-hydrogen) atoms. The molecule has 2 N–H and O–H groups in total. The number of esters is 1. The van der Waals surface area contributed by atoms with Gasteiger partial charge in [-0.15, -0.1) is 0 Å². The molecule has 204 valence electrons. The lowest BCUT2D eigenvalue weighted by molar-refractivity contribution is 0.0128. The summed E-state index contributed by atoms with van der Waals surface area (Å²) in [5.41, 5.74) is 1.71. The lowest BCUT2D eigenvalue weighted by Crippen LogP contribution is -2.51. The second kappa shape index (κ2) is 12.0. The number of carbonyl (C=O) groups is 3. The first kappa shape index (κ1) is 27.7. The van der Waals surface area contributed by atoms with E-state index in [-0.39, 0.29) is 12.3 Å². The van der Waals surface area contributed by atoms with E-state index in [0.717, 1.165) is 11.1 Å². The molecule has 3 aromatic rings. The first-order valence-corrected chi connectivity index (χ1v) is 13.0. The number of rotatable bonds is 5. The summed E-state index contributed by atoms with van der Waals surface area (Å²) in [5.74, 6) is -0.869. The first-order chi connectivity index (χ1) is 18.6. The van der Waals surface area contributed by atoms with Crippen LogP contribution in [0.2, 0.25) is 0 Å². The van der Waals surface area contributed by atoms with E-state index in [4.69, 9.17) is 9.47 Å². The molecule has 8 heteroatoms. The normalized spacial score (nSPS) is 17.6. The van der Waals surface area contributed by atoms with Gasteiger partial charge in [0.15, 0.2) is 0 Å². The maximum Gasteiger partial charge on any atom is 0.410 e. The highest BCUT2D eigenvalue weighted by Gasteiger charge is 2.35. The third-order valence-corrected chi connectivity index (χ3v) is 6.37. The Hall–Kier alpha value is -4.33. The predicted molar refractivity (Wildman–Crippen MR) is 147 cm³/mol. The highest BCUT2D eigenvalue weighted by Crippen LogP contribution is 2.26. The van der Waals surface area contributed by atoms with Crippen molar-refractivity contribution in [3.63, 3.8) is 0 Å². The number of amides is 2. The average Bonchev–Trinajstić information content (AvgIpc) is 3.10. The van der Waals surface area contributed by atoms with Gasteiger partial charge in [0.05, 0.1) is 11.6 Å². The van der Waals surface area contributed by atoms with Gasteiger partial charge in [0, 0.05) is 18.7 Å². The Morgan fingerprint density at radius 1 is 0.923 bits per heavy atom. The zero-order valence-corrected chi connectivity index (χ0v) is 22.4. The quantitative estimate of drug-likeness (QED) is 0.427. The average molecular weight is 531 g/mol. The van der Waals surface area contributed by atoms with Gasteiger partial charge in [-0.25, -0.2) is 9.59 Å². The SMILES string of the molecule is CC(C)(C)OC(=O)N1CCC[C@@H](OC(=O)c2ccccc2-c2ccccc2)[C@H](NC(=O)c2ccc(O)cc2)C1. The van der Waals surface area contributed by atoms with Crippen LogP contribution in [0.25, 0.3) is 11.1 Å². The van der Waals surface area contributed by atoms with E-state index in [9.17, 15) is 19.5 Å². The van der Waals surface area contributed by atoms with Crippen molar-refractivity contribution in [2.24, 2.45) is 0 Å². The fourth-order valence-corrected chi connectivity index (χ4v) is 4.50. The molecule has 0 unspecified atom stereocenters. The summed E-state index contributed by atoms with van der Waals surface area (Å²) < 4.78 is 11.6. The fourth-order valence-electron chi connectivity index (χ4n) is 4.50. The number of nitrogens with one attached hydrogen (secondary N) is 1. The molecule has 1 heterocycles. The van der Waals surface area contributed by atoms with Crippen LogP contribution in [-0.4, -0.2) is 58.8 Å². The van der Waals surface area contributed by atoms with Crippen molar-refractivity contribution in [2.45, 2.75) is 51.4 Å². The standard InChI is InChI=1S/C31H34N2O6/c1-31(2,3)39-30(37)33-19-9-14-27(26(20-33)32-28(35)22-15-17-23(34)18-16-22)38-29(36)25-13-8-7-12-24(25)21-10-5-4-6-11-21/h4-8,10-13,15-18,26-27,34H,9,14,19-20H2,1-3H3,(H,32,35)/t26-,27-/m1/s1. The molecule has 0 aromatic heterocycles. The minimum Gasteiger partial charge on any atom is -0.508 e. The Morgan fingerprint density at radius 3 is 2.28 bits per heavy atom. The fraction of sp³-hybridized carbons (Fsp3) is 0.323. The van der Waals surface area contributed by atoms with Gasteiger partial charge in [0.2, 0.25) is 0 Å². The van der Waals surface area contributed by atoms with E-state index in [1.165, 1.54) is 24.3 Å². The molecule has 8 nitrogen and oxygen atoms in total. The van der Waals surface area contributed by atoms with Gasteiger partial charge in [-0.2, -0.15) is 0 Å². The van der Waals surface area contributed by atoms with E-state index in [1.807, 2.05) is 42.5 Å². The van der Waals surface area contributed by atoms with Crippen LogP contribution < -0.4 is 5.32 Å². The molecule has 3 aromatic carbocycles. The highest BCUT2D eigenvalue weighted by atomic mass is 16.6. The Morgan fingerprint density at radius 2 is 1.59 bits per heavy atom. The molecule has 0 spiro atoms. The molecular formula is C31H34N2O6. The number of phenolic OH excluding ortho intramolecular Hbond substituents is 1. The van der Waals surface area contributed by atoms with Crippen molar-refractivity contribution >= 4 is 18.0 Å². The summed E-state index contributed by atoms with van der Waals surface area (Å²) >= 11 is 0. The minimum absolute atomic E-state index is 0.0426. The summed E-state index contributed by atoms with van der Waals surface area (Å²) in [4.78, 5) is 41.1. The summed E-state index contributed by atoms with van der Waals surface area (Å²) in [6, 6.07) is 22.0. The molecule has 1 fully saturated rings. The molecular weight excluding hydrogens is 496 g/mol. The Kier molecular flexibility index (Phi) is 8.54. The highest BCUT2D eigenvalue weighted by molar-refractivity contribution is 5.97. The third-order valence-electron chi connectivity index (χ3n) is 6.37. The number of phenols is 1. The zero-order valence-electron chi connectivity index (χ0n) is 22.4. The van der Waals surface area contributed by atoms with Gasteiger partial charge < -0.3 is 24.8 Å². The number of ether oxygens (including phenoxy) is 2. The molecule has 4 rings (SSSR count). The molecule has 1 aliphatic rings. The Labute approximate surface area is 228 Å². The van der Waals surface area contributed by atoms with E-state index in [2.05, 4.69) is 5.32 Å². The molecule has 1 saturated heterocycles. The maximum atomic E-state index is 13.5. The Balaban J connectivity index is 1.59. The summed E-state index contributed by atoms with van der Waals surface area (Å²) in [6.45, 7) is 5.89. The molecule has 0 aliphatic carbocycles. The van der Waals surface area contributed by atoms with E-state index >= 15 is 0 Å². The van der Waals surface area contributed by atoms with Crippen LogP contribution >= 0.6 is 0 Å². The monoisotopic (exact) mass is 530 g/mol. The van der Waals surface area contributed by atoms with Crippen molar-refractivity contribution in [3.05, 3.63) is 90.0 Å². The van der Waals surface area contributed by atoms with Crippen LogP contribution in [0.4, 0.5) is 4.79 Å². The van der Waals surface area contributed by atoms with Gasteiger partial charge in [-0.1, -0.05) is 48.5 Å². The lowest BCUT2D eigenvalue weighted by atomic mass is 9.99. The van der Waals surface area contributed by atoms with Crippen molar-refractivity contribution in [1.29, 1.82) is 0 Å². The van der Waals surface area contributed by atoms with E-state index in [1.54, 1.807) is 37.8 Å². The second-order valence-corrected chi connectivity index (χ2v) is 10.6. The largest absolute Gasteiger partial charge is 0.508 e. The van der Waals surface area contributed by atoms with Gasteiger partial charge in [-0.3, -0.25) is 4.79 Å². The number of hydrogen-bond donors (Lipinski definition) is 2. The summed E-state index contributed by atoms with van der Waals surface area (Å²) in [5, 5.41) is 12.5. The van der Waals surface area contributed by atoms with Gasteiger partial charge in [0.25, 0.3) is 5.91 Å². The maximum absolute atomic E-state index is 13.5. The van der Waals surface area contributed by atoms with Crippen LogP contribution in [-0.2, 0) is 9.47 Å². The number of nitrogens with zero attached hydrogens (tertiary/aromatic N) is 1. The molecule has 1 aliphatic heterocycles. The molecule has 0 bridgehead atoms. The number of hydrogen-bond acceptors (Lipinski definition) is 6. The number of aromatic hydroxyl groups is 1. The lowest BCUT2D eigenvalue weighted by Gasteiger charge is -2.30. The summed E-state index contributed by atoms with van der Waals surface area (Å²) in [6.07, 6.45) is -0.176. The van der Waals surface area contributed by atoms with Crippen LogP contribution in [0.15, 0.2) is 78.9 Å². The summed E-state index contributed by atoms with van der Waals surface area (Å²) in [7, 11) is 0. The number of likely N-dealkylation sites (tertiary alicyclic amines) is 1. The van der Waals surface area contributed by atoms with Crippen LogP contribution in [0.1, 0.15) is 54.3 Å². The number of benzene rings is 3. The Bertz CT molecular complexity index is 1300. The first-order valence-electron chi connectivity index (χ1n) is 13.0. The third kappa shape index (κ3) is 7.37. The molecule has 2 amide bonds. The zero-order chi connectivity index (χ0) is 28.0. The van der Waals surface area contributed by atoms with E-state index in [0.29, 0.717) is 30.5 Å². The van der Waals surface area contributed by atoms with Crippen molar-refractivity contribution < 1.29 is 29.0 Å². The molecule has 0 radical (unpaired) electrons. The van der Waals surface area contributed by atoms with Crippen molar-refractivity contribution in [2.75, 3.05) is 13.1 Å². The van der Waals surface area contributed by atoms with Crippen LogP contribution in [0.3, 0.4) is 0 Å². The van der Waals surface area contributed by atoms with E-state index < -0.39 is 35.7 Å². The molecule has 0 saturated carbocycles. The topological polar surface area (TPSA) is 105 Å². The van der Waals surface area contributed by atoms with Gasteiger partial charge >= 0.3 is 12.1 Å². The predicted octanol–water partition coefficient (Wildman–Crippen LogP) is 5.41. The smallest absolute Gasteiger partial charge is 0.410 e. The molecule has 2 atom stereocenters. The minimum atomic E-state index is -0.686. The van der Waals surface area contributed by atoms with Crippen molar-refractivity contribution in [1.82, 2.24) is 10.2 Å². The van der Waals surface area contributed by atoms with Crippen molar-refractivity contribution in [3.8, 4) is 16.9 Å².